The van der Waals surface area contributed by atoms with Crippen molar-refractivity contribution in [3.05, 3.63) is 53.3 Å². The van der Waals surface area contributed by atoms with Crippen LogP contribution in [0.1, 0.15) is 47.9 Å². The molecule has 1 aliphatic heterocycles. The molecule has 23 heavy (non-hydrogen) atoms. The highest BCUT2D eigenvalue weighted by Gasteiger charge is 2.28. The molecule has 3 rings (SSSR count). The Balaban J connectivity index is 1.64. The molecule has 0 spiro atoms. The van der Waals surface area contributed by atoms with Crippen molar-refractivity contribution >= 4 is 5.91 Å². The Hall–Kier alpha value is -2.10. The summed E-state index contributed by atoms with van der Waals surface area (Å²) in [5.41, 5.74) is 3.04. The molecule has 1 fully saturated rings. The molecule has 0 bridgehead atoms. The summed E-state index contributed by atoms with van der Waals surface area (Å²) in [5, 5.41) is 4.41. The van der Waals surface area contributed by atoms with Gasteiger partial charge in [0.15, 0.2) is 5.69 Å². The lowest BCUT2D eigenvalue weighted by Crippen LogP contribution is -2.29. The molecule has 2 aromatic rings. The van der Waals surface area contributed by atoms with Crippen LogP contribution >= 0.6 is 0 Å². The maximum absolute atomic E-state index is 12.7. The number of amides is 1. The maximum atomic E-state index is 12.7. The monoisotopic (exact) mass is 311 g/mol. The van der Waals surface area contributed by atoms with Crippen molar-refractivity contribution in [3.63, 3.8) is 0 Å². The number of carbonyl (C=O) groups excluding carboxylic acids is 1. The molecular weight excluding hydrogens is 286 g/mol. The molecule has 4 nitrogen and oxygen atoms in total. The lowest BCUT2D eigenvalue weighted by atomic mass is 9.99. The topological polar surface area (TPSA) is 38.1 Å². The largest absolute Gasteiger partial charge is 0.337 e. The van der Waals surface area contributed by atoms with Crippen LogP contribution in [0.4, 0.5) is 0 Å². The van der Waals surface area contributed by atoms with E-state index in [1.54, 1.807) is 0 Å². The maximum Gasteiger partial charge on any atom is 0.274 e. The van der Waals surface area contributed by atoms with E-state index in [9.17, 15) is 4.79 Å². The van der Waals surface area contributed by atoms with E-state index < -0.39 is 0 Å². The first kappa shape index (κ1) is 15.8. The Bertz CT molecular complexity index is 675. The fraction of sp³-hybridized carbons (Fsp3) is 0.474. The summed E-state index contributed by atoms with van der Waals surface area (Å²) in [5.74, 6) is 0.996. The third-order valence-electron chi connectivity index (χ3n) is 4.67. The van der Waals surface area contributed by atoms with E-state index in [1.165, 1.54) is 5.56 Å². The minimum absolute atomic E-state index is 0.0723. The van der Waals surface area contributed by atoms with Crippen LogP contribution in [-0.2, 0) is 13.5 Å². The van der Waals surface area contributed by atoms with Crippen LogP contribution in [-0.4, -0.2) is 33.7 Å². The van der Waals surface area contributed by atoms with Gasteiger partial charge in [-0.1, -0.05) is 44.2 Å². The van der Waals surface area contributed by atoms with E-state index in [4.69, 9.17) is 0 Å². The Morgan fingerprint density at radius 3 is 2.70 bits per heavy atom. The summed E-state index contributed by atoms with van der Waals surface area (Å²) in [6, 6.07) is 12.5. The molecule has 1 amide bonds. The highest BCUT2D eigenvalue weighted by molar-refractivity contribution is 5.92. The van der Waals surface area contributed by atoms with Gasteiger partial charge in [0.1, 0.15) is 0 Å². The number of hydrogen-bond donors (Lipinski definition) is 0. The first-order chi connectivity index (χ1) is 11.0. The van der Waals surface area contributed by atoms with Crippen molar-refractivity contribution in [1.82, 2.24) is 14.7 Å². The molecule has 2 heterocycles. The van der Waals surface area contributed by atoms with Gasteiger partial charge in [-0.3, -0.25) is 9.48 Å². The van der Waals surface area contributed by atoms with Gasteiger partial charge < -0.3 is 4.90 Å². The van der Waals surface area contributed by atoms with Crippen molar-refractivity contribution in [1.29, 1.82) is 0 Å². The van der Waals surface area contributed by atoms with Crippen LogP contribution in [0.15, 0.2) is 36.4 Å². The normalized spacial score (nSPS) is 17.9. The van der Waals surface area contributed by atoms with Crippen molar-refractivity contribution < 1.29 is 4.79 Å². The van der Waals surface area contributed by atoms with Crippen molar-refractivity contribution in [2.45, 2.75) is 32.6 Å². The molecule has 0 N–H and O–H groups in total. The fourth-order valence-electron chi connectivity index (χ4n) is 3.42. The third-order valence-corrected chi connectivity index (χ3v) is 4.67. The average Bonchev–Trinajstić information content (AvgIpc) is 3.14. The first-order valence-corrected chi connectivity index (χ1v) is 8.41. The Kier molecular flexibility index (Phi) is 4.51. The van der Waals surface area contributed by atoms with Crippen molar-refractivity contribution in [3.8, 4) is 0 Å². The van der Waals surface area contributed by atoms with Gasteiger partial charge in [-0.2, -0.15) is 5.10 Å². The molecule has 0 aliphatic carbocycles. The van der Waals surface area contributed by atoms with Gasteiger partial charge >= 0.3 is 0 Å². The van der Waals surface area contributed by atoms with Crippen LogP contribution < -0.4 is 0 Å². The number of likely N-dealkylation sites (tertiary alicyclic amines) is 1. The molecule has 4 heteroatoms. The molecule has 122 valence electrons. The SMILES string of the molecule is CC(C)c1cc(C(=O)N2CCC(Cc3ccccc3)C2)nn1C. The van der Waals surface area contributed by atoms with Crippen LogP contribution in [0.5, 0.6) is 0 Å². The van der Waals surface area contributed by atoms with E-state index in [2.05, 4.69) is 43.2 Å². The smallest absolute Gasteiger partial charge is 0.274 e. The quantitative estimate of drug-likeness (QED) is 0.869. The molecule has 1 atom stereocenters. The van der Waals surface area contributed by atoms with Crippen molar-refractivity contribution in [2.24, 2.45) is 13.0 Å². The molecule has 0 saturated carbocycles. The Morgan fingerprint density at radius 1 is 1.30 bits per heavy atom. The minimum atomic E-state index is 0.0723. The van der Waals surface area contributed by atoms with E-state index in [-0.39, 0.29) is 5.91 Å². The first-order valence-electron chi connectivity index (χ1n) is 8.41. The molecule has 1 saturated heterocycles. The molecule has 1 aromatic carbocycles. The fourth-order valence-corrected chi connectivity index (χ4v) is 3.42. The Labute approximate surface area is 138 Å². The summed E-state index contributed by atoms with van der Waals surface area (Å²) in [6.45, 7) is 5.92. The number of aryl methyl sites for hydroxylation is 1. The van der Waals surface area contributed by atoms with Crippen LogP contribution in [0.3, 0.4) is 0 Å². The second-order valence-corrected chi connectivity index (χ2v) is 6.83. The second-order valence-electron chi connectivity index (χ2n) is 6.83. The number of aromatic nitrogens is 2. The van der Waals surface area contributed by atoms with Gasteiger partial charge in [-0.25, -0.2) is 0 Å². The molecule has 1 aliphatic rings. The lowest BCUT2D eigenvalue weighted by molar-refractivity contribution is 0.0780. The van der Waals surface area contributed by atoms with Gasteiger partial charge in [0.05, 0.1) is 0 Å². The van der Waals surface area contributed by atoms with E-state index in [0.717, 1.165) is 31.6 Å². The summed E-state index contributed by atoms with van der Waals surface area (Å²) in [7, 11) is 1.91. The predicted octanol–water partition coefficient (Wildman–Crippen LogP) is 3.25. The Morgan fingerprint density at radius 2 is 2.04 bits per heavy atom. The van der Waals surface area contributed by atoms with Gasteiger partial charge in [0, 0.05) is 25.8 Å². The zero-order valence-electron chi connectivity index (χ0n) is 14.2. The zero-order chi connectivity index (χ0) is 16.4. The van der Waals surface area contributed by atoms with Gasteiger partial charge in [-0.15, -0.1) is 0 Å². The highest BCUT2D eigenvalue weighted by atomic mass is 16.2. The number of rotatable bonds is 4. The lowest BCUT2D eigenvalue weighted by Gasteiger charge is -2.15. The molecule has 1 aromatic heterocycles. The van der Waals surface area contributed by atoms with Crippen molar-refractivity contribution in [2.75, 3.05) is 13.1 Å². The summed E-state index contributed by atoms with van der Waals surface area (Å²) in [6.07, 6.45) is 2.12. The van der Waals surface area contributed by atoms with Crippen LogP contribution in [0.25, 0.3) is 0 Å². The van der Waals surface area contributed by atoms with Gasteiger partial charge in [-0.05, 0) is 36.3 Å². The zero-order valence-corrected chi connectivity index (χ0v) is 14.2. The highest BCUT2D eigenvalue weighted by Crippen LogP contribution is 2.23. The number of hydrogen-bond acceptors (Lipinski definition) is 2. The molecule has 1 unspecified atom stereocenters. The molecular formula is C19H25N3O. The van der Waals surface area contributed by atoms with E-state index >= 15 is 0 Å². The summed E-state index contributed by atoms with van der Waals surface area (Å²) in [4.78, 5) is 14.6. The van der Waals surface area contributed by atoms with E-state index in [1.807, 2.05) is 28.8 Å². The minimum Gasteiger partial charge on any atom is -0.337 e. The van der Waals surface area contributed by atoms with E-state index in [0.29, 0.717) is 17.5 Å². The summed E-state index contributed by atoms with van der Waals surface area (Å²) >= 11 is 0. The average molecular weight is 311 g/mol. The third kappa shape index (κ3) is 3.46. The standard InChI is InChI=1S/C19H25N3O/c1-14(2)18-12-17(20-21(18)3)19(23)22-10-9-16(13-22)11-15-7-5-4-6-8-15/h4-8,12,14,16H,9-11,13H2,1-3H3. The number of carbonyl (C=O) groups is 1. The number of benzene rings is 1. The second kappa shape index (κ2) is 6.57. The van der Waals surface area contributed by atoms with Crippen LogP contribution in [0.2, 0.25) is 0 Å². The van der Waals surface area contributed by atoms with Crippen LogP contribution in [0, 0.1) is 5.92 Å². The molecule has 0 radical (unpaired) electrons. The summed E-state index contributed by atoms with van der Waals surface area (Å²) < 4.78 is 1.83. The number of nitrogens with zero attached hydrogens (tertiary/aromatic N) is 3. The predicted molar refractivity (Wildman–Crippen MR) is 91.5 cm³/mol. The van der Waals surface area contributed by atoms with Gasteiger partial charge in [0.2, 0.25) is 0 Å². The van der Waals surface area contributed by atoms with Gasteiger partial charge in [0.25, 0.3) is 5.91 Å².